The molecule has 0 aliphatic rings. The molecule has 0 saturated heterocycles. The van der Waals surface area contributed by atoms with Gasteiger partial charge in [-0.05, 0) is 39.1 Å². The number of rotatable bonds is 9. The number of hydrogen-bond acceptors (Lipinski definition) is 3. The molecule has 0 spiro atoms. The Bertz CT molecular complexity index is 654. The Labute approximate surface area is 145 Å². The first-order valence-corrected chi connectivity index (χ1v) is 8.98. The molecule has 2 rings (SSSR count). The second-order valence-corrected chi connectivity index (χ2v) is 6.57. The zero-order chi connectivity index (χ0) is 17.5. The standard InChI is InChI=1S/C19H30N4O/c1-5-7-12-22(13-8-6-2)19(24)18-16(15-21(3)4)23-14-10-9-11-17(23)20-18/h9-11,14H,5-8,12-13,15H2,1-4H3. The first-order chi connectivity index (χ1) is 11.6. The minimum absolute atomic E-state index is 0.0671. The van der Waals surface area contributed by atoms with Crippen LogP contribution in [0.3, 0.4) is 0 Å². The molecule has 0 aliphatic heterocycles. The summed E-state index contributed by atoms with van der Waals surface area (Å²) in [7, 11) is 4.03. The fourth-order valence-corrected chi connectivity index (χ4v) is 2.83. The van der Waals surface area contributed by atoms with Crippen molar-refractivity contribution >= 4 is 11.6 Å². The Hall–Kier alpha value is -1.88. The van der Waals surface area contributed by atoms with E-state index in [0.717, 1.165) is 50.1 Å². The maximum atomic E-state index is 13.2. The lowest BCUT2D eigenvalue weighted by Gasteiger charge is -2.22. The Morgan fingerprint density at radius 1 is 1.12 bits per heavy atom. The van der Waals surface area contributed by atoms with Crippen molar-refractivity contribution < 1.29 is 4.79 Å². The fraction of sp³-hybridized carbons (Fsp3) is 0.579. The average Bonchev–Trinajstić information content (AvgIpc) is 2.92. The summed E-state index contributed by atoms with van der Waals surface area (Å²) >= 11 is 0. The first kappa shape index (κ1) is 18.5. The maximum Gasteiger partial charge on any atom is 0.274 e. The number of fused-ring (bicyclic) bond motifs is 1. The monoisotopic (exact) mass is 330 g/mol. The molecule has 0 radical (unpaired) electrons. The summed E-state index contributed by atoms with van der Waals surface area (Å²) in [5.74, 6) is 0.0671. The third-order valence-electron chi connectivity index (χ3n) is 4.15. The van der Waals surface area contributed by atoms with Gasteiger partial charge in [-0.3, -0.25) is 4.79 Å². The van der Waals surface area contributed by atoms with E-state index in [9.17, 15) is 4.79 Å². The van der Waals surface area contributed by atoms with E-state index in [4.69, 9.17) is 0 Å². The van der Waals surface area contributed by atoms with Crippen molar-refractivity contribution in [1.82, 2.24) is 19.2 Å². The van der Waals surface area contributed by atoms with E-state index in [1.807, 2.05) is 47.8 Å². The second-order valence-electron chi connectivity index (χ2n) is 6.57. The van der Waals surface area contributed by atoms with Crippen LogP contribution in [0, 0.1) is 0 Å². The Kier molecular flexibility index (Phi) is 6.79. The van der Waals surface area contributed by atoms with Gasteiger partial charge < -0.3 is 14.2 Å². The number of nitrogens with zero attached hydrogens (tertiary/aromatic N) is 4. The van der Waals surface area contributed by atoms with Crippen molar-refractivity contribution in [2.75, 3.05) is 27.2 Å². The Morgan fingerprint density at radius 3 is 2.38 bits per heavy atom. The van der Waals surface area contributed by atoms with Crippen molar-refractivity contribution in [1.29, 1.82) is 0 Å². The molecule has 0 bridgehead atoms. The fourth-order valence-electron chi connectivity index (χ4n) is 2.83. The predicted octanol–water partition coefficient (Wildman–Crippen LogP) is 3.44. The maximum absolute atomic E-state index is 13.2. The van der Waals surface area contributed by atoms with Gasteiger partial charge in [-0.1, -0.05) is 32.8 Å². The van der Waals surface area contributed by atoms with Gasteiger partial charge in [0.2, 0.25) is 0 Å². The van der Waals surface area contributed by atoms with Crippen molar-refractivity contribution in [2.45, 2.75) is 46.1 Å². The van der Waals surface area contributed by atoms with Gasteiger partial charge >= 0.3 is 0 Å². The summed E-state index contributed by atoms with van der Waals surface area (Å²) in [5, 5.41) is 0. The summed E-state index contributed by atoms with van der Waals surface area (Å²) in [6, 6.07) is 5.90. The summed E-state index contributed by atoms with van der Waals surface area (Å²) in [4.78, 5) is 21.9. The highest BCUT2D eigenvalue weighted by Crippen LogP contribution is 2.17. The van der Waals surface area contributed by atoms with Gasteiger partial charge in [-0.2, -0.15) is 0 Å². The van der Waals surface area contributed by atoms with Gasteiger partial charge in [0.05, 0.1) is 5.69 Å². The van der Waals surface area contributed by atoms with Gasteiger partial charge in [0.15, 0.2) is 5.69 Å². The van der Waals surface area contributed by atoms with Crippen LogP contribution in [0.5, 0.6) is 0 Å². The van der Waals surface area contributed by atoms with E-state index in [0.29, 0.717) is 12.2 Å². The van der Waals surface area contributed by atoms with E-state index in [2.05, 4.69) is 23.7 Å². The number of hydrogen-bond donors (Lipinski definition) is 0. The van der Waals surface area contributed by atoms with Crippen LogP contribution in [-0.4, -0.2) is 52.3 Å². The molecule has 0 atom stereocenters. The highest BCUT2D eigenvalue weighted by Gasteiger charge is 2.23. The minimum Gasteiger partial charge on any atom is -0.337 e. The molecular formula is C19H30N4O. The van der Waals surface area contributed by atoms with E-state index in [-0.39, 0.29) is 5.91 Å². The number of carbonyl (C=O) groups is 1. The van der Waals surface area contributed by atoms with E-state index >= 15 is 0 Å². The molecule has 5 heteroatoms. The number of unbranched alkanes of at least 4 members (excludes halogenated alkanes) is 2. The zero-order valence-electron chi connectivity index (χ0n) is 15.5. The van der Waals surface area contributed by atoms with E-state index in [1.54, 1.807) is 0 Å². The van der Waals surface area contributed by atoms with Crippen molar-refractivity contribution in [2.24, 2.45) is 0 Å². The third-order valence-corrected chi connectivity index (χ3v) is 4.15. The molecule has 1 amide bonds. The number of pyridine rings is 1. The molecule has 2 heterocycles. The first-order valence-electron chi connectivity index (χ1n) is 8.98. The third kappa shape index (κ3) is 4.35. The molecule has 0 aromatic carbocycles. The summed E-state index contributed by atoms with van der Waals surface area (Å²) in [5.41, 5.74) is 2.41. The largest absolute Gasteiger partial charge is 0.337 e. The molecule has 24 heavy (non-hydrogen) atoms. The summed E-state index contributed by atoms with van der Waals surface area (Å²) < 4.78 is 2.03. The molecule has 0 fully saturated rings. The van der Waals surface area contributed by atoms with Gasteiger partial charge in [0.25, 0.3) is 5.91 Å². The predicted molar refractivity (Wildman–Crippen MR) is 98.3 cm³/mol. The Balaban J connectivity index is 2.37. The molecular weight excluding hydrogens is 300 g/mol. The topological polar surface area (TPSA) is 40.9 Å². The number of amides is 1. The van der Waals surface area contributed by atoms with Crippen LogP contribution in [0.2, 0.25) is 0 Å². The lowest BCUT2D eigenvalue weighted by Crippen LogP contribution is -2.34. The molecule has 0 N–H and O–H groups in total. The number of imidazole rings is 1. The van der Waals surface area contributed by atoms with Crippen LogP contribution >= 0.6 is 0 Å². The van der Waals surface area contributed by atoms with E-state index in [1.165, 1.54) is 0 Å². The van der Waals surface area contributed by atoms with Gasteiger partial charge in [-0.25, -0.2) is 4.98 Å². The highest BCUT2D eigenvalue weighted by atomic mass is 16.2. The molecule has 5 nitrogen and oxygen atoms in total. The minimum atomic E-state index is 0.0671. The molecule has 0 unspecified atom stereocenters. The zero-order valence-corrected chi connectivity index (χ0v) is 15.5. The van der Waals surface area contributed by atoms with Crippen molar-refractivity contribution in [3.8, 4) is 0 Å². The van der Waals surface area contributed by atoms with Gasteiger partial charge in [0.1, 0.15) is 5.65 Å². The van der Waals surface area contributed by atoms with Crippen LogP contribution in [0.15, 0.2) is 24.4 Å². The average molecular weight is 330 g/mol. The smallest absolute Gasteiger partial charge is 0.274 e. The number of carbonyl (C=O) groups excluding carboxylic acids is 1. The van der Waals surface area contributed by atoms with Crippen LogP contribution < -0.4 is 0 Å². The van der Waals surface area contributed by atoms with E-state index < -0.39 is 0 Å². The second kappa shape index (κ2) is 8.83. The molecule has 2 aromatic heterocycles. The lowest BCUT2D eigenvalue weighted by atomic mass is 10.2. The quantitative estimate of drug-likeness (QED) is 0.707. The lowest BCUT2D eigenvalue weighted by molar-refractivity contribution is 0.0744. The van der Waals surface area contributed by atoms with Gasteiger partial charge in [-0.15, -0.1) is 0 Å². The normalized spacial score (nSPS) is 11.4. The van der Waals surface area contributed by atoms with Crippen LogP contribution in [0.1, 0.15) is 55.7 Å². The molecule has 2 aromatic rings. The van der Waals surface area contributed by atoms with Crippen LogP contribution in [0.4, 0.5) is 0 Å². The summed E-state index contributed by atoms with van der Waals surface area (Å²) in [6.07, 6.45) is 6.23. The Morgan fingerprint density at radius 2 is 1.79 bits per heavy atom. The highest BCUT2D eigenvalue weighted by molar-refractivity contribution is 5.94. The SMILES string of the molecule is CCCCN(CCCC)C(=O)c1nc2ccccn2c1CN(C)C. The van der Waals surface area contributed by atoms with Crippen LogP contribution in [0.25, 0.3) is 5.65 Å². The number of aromatic nitrogens is 2. The van der Waals surface area contributed by atoms with Crippen molar-refractivity contribution in [3.05, 3.63) is 35.8 Å². The van der Waals surface area contributed by atoms with Crippen LogP contribution in [-0.2, 0) is 6.54 Å². The molecule has 132 valence electrons. The molecule has 0 aliphatic carbocycles. The molecule has 0 saturated carbocycles. The van der Waals surface area contributed by atoms with Crippen molar-refractivity contribution in [3.63, 3.8) is 0 Å². The van der Waals surface area contributed by atoms with Gasteiger partial charge in [0, 0.05) is 25.8 Å². The summed E-state index contributed by atoms with van der Waals surface area (Å²) in [6.45, 7) is 6.63.